The van der Waals surface area contributed by atoms with Gasteiger partial charge in [0.2, 0.25) is 0 Å². The lowest BCUT2D eigenvalue weighted by Gasteiger charge is -2.14. The molecule has 0 radical (unpaired) electrons. The molecule has 0 spiro atoms. The van der Waals surface area contributed by atoms with Crippen molar-refractivity contribution in [1.29, 1.82) is 0 Å². The summed E-state index contributed by atoms with van der Waals surface area (Å²) in [5.74, 6) is -0.850. The van der Waals surface area contributed by atoms with E-state index in [4.69, 9.17) is 11.6 Å². The first-order valence-electron chi connectivity index (χ1n) is 5.76. The largest absolute Gasteiger partial charge is 0.207 e. The van der Waals surface area contributed by atoms with Gasteiger partial charge in [-0.1, -0.05) is 39.7 Å². The van der Waals surface area contributed by atoms with Crippen molar-refractivity contribution in [2.75, 3.05) is 0 Å². The van der Waals surface area contributed by atoms with Crippen LogP contribution in [0, 0.1) is 25.5 Å². The molecule has 4 heteroatoms. The van der Waals surface area contributed by atoms with E-state index in [9.17, 15) is 8.78 Å². The minimum atomic E-state index is -0.433. The summed E-state index contributed by atoms with van der Waals surface area (Å²) in [7, 11) is 0. The fourth-order valence-electron chi connectivity index (χ4n) is 1.80. The van der Waals surface area contributed by atoms with E-state index in [1.54, 1.807) is 6.07 Å². The van der Waals surface area contributed by atoms with Gasteiger partial charge in [0.1, 0.15) is 11.6 Å². The fourth-order valence-corrected chi connectivity index (χ4v) is 2.63. The number of benzene rings is 2. The molecule has 0 aliphatic rings. The summed E-state index contributed by atoms with van der Waals surface area (Å²) in [5, 5.41) is 0.606. The molecule has 1 unspecified atom stereocenters. The Kier molecular flexibility index (Phi) is 4.26. The summed E-state index contributed by atoms with van der Waals surface area (Å²) >= 11 is 9.45. The first kappa shape index (κ1) is 14.5. The van der Waals surface area contributed by atoms with Crippen LogP contribution >= 0.6 is 27.5 Å². The SMILES string of the molecule is Cc1cc(F)c(C(Br)c2ccc(C)c(Cl)c2)cc1F. The molecular formula is C15H12BrClF2. The average molecular weight is 346 g/mol. The zero-order valence-corrected chi connectivity index (χ0v) is 12.8. The Labute approximate surface area is 124 Å². The second-order valence-corrected chi connectivity index (χ2v) is 5.82. The highest BCUT2D eigenvalue weighted by Gasteiger charge is 2.17. The van der Waals surface area contributed by atoms with Crippen molar-refractivity contribution >= 4 is 27.5 Å². The molecule has 0 heterocycles. The lowest BCUT2D eigenvalue weighted by Crippen LogP contribution is -1.99. The smallest absolute Gasteiger partial charge is 0.128 e. The molecule has 0 saturated heterocycles. The van der Waals surface area contributed by atoms with Crippen LogP contribution in [-0.2, 0) is 0 Å². The molecule has 2 rings (SSSR count). The van der Waals surface area contributed by atoms with Crippen molar-refractivity contribution in [2.45, 2.75) is 18.7 Å². The van der Waals surface area contributed by atoms with E-state index in [2.05, 4.69) is 15.9 Å². The van der Waals surface area contributed by atoms with Gasteiger partial charge in [-0.15, -0.1) is 0 Å². The molecule has 0 aliphatic carbocycles. The zero-order valence-electron chi connectivity index (χ0n) is 10.5. The van der Waals surface area contributed by atoms with Gasteiger partial charge >= 0.3 is 0 Å². The predicted octanol–water partition coefficient (Wildman–Crippen LogP) is 5.72. The van der Waals surface area contributed by atoms with E-state index in [-0.39, 0.29) is 5.56 Å². The lowest BCUT2D eigenvalue weighted by molar-refractivity contribution is 0.581. The Bertz CT molecular complexity index is 626. The Balaban J connectivity index is 2.46. The summed E-state index contributed by atoms with van der Waals surface area (Å²) in [6.45, 7) is 3.43. The Hall–Kier alpha value is -0.930. The van der Waals surface area contributed by atoms with E-state index >= 15 is 0 Å². The van der Waals surface area contributed by atoms with Crippen LogP contribution in [0.4, 0.5) is 8.78 Å². The summed E-state index contributed by atoms with van der Waals surface area (Å²) in [6.07, 6.45) is 0. The molecule has 2 aromatic rings. The van der Waals surface area contributed by atoms with Gasteiger partial charge in [0.05, 0.1) is 4.83 Å². The van der Waals surface area contributed by atoms with E-state index in [1.807, 2.05) is 19.1 Å². The van der Waals surface area contributed by atoms with Gasteiger partial charge in [-0.05, 0) is 48.7 Å². The van der Waals surface area contributed by atoms with Crippen molar-refractivity contribution < 1.29 is 8.78 Å². The van der Waals surface area contributed by atoms with Crippen LogP contribution in [0.25, 0.3) is 0 Å². The van der Waals surface area contributed by atoms with Crippen LogP contribution in [-0.4, -0.2) is 0 Å². The van der Waals surface area contributed by atoms with Gasteiger partial charge in [0, 0.05) is 10.6 Å². The third-order valence-corrected chi connectivity index (χ3v) is 4.47. The van der Waals surface area contributed by atoms with E-state index in [0.29, 0.717) is 10.6 Å². The average Bonchev–Trinajstić information content (AvgIpc) is 2.36. The quantitative estimate of drug-likeness (QED) is 0.611. The number of hydrogen-bond donors (Lipinski definition) is 0. The molecule has 0 N–H and O–H groups in total. The topological polar surface area (TPSA) is 0 Å². The van der Waals surface area contributed by atoms with Gasteiger partial charge in [0.15, 0.2) is 0 Å². The maximum absolute atomic E-state index is 13.9. The molecule has 0 amide bonds. The molecule has 0 aromatic heterocycles. The molecule has 19 heavy (non-hydrogen) atoms. The third kappa shape index (κ3) is 2.98. The summed E-state index contributed by atoms with van der Waals surface area (Å²) < 4.78 is 27.5. The van der Waals surface area contributed by atoms with Gasteiger partial charge < -0.3 is 0 Å². The summed E-state index contributed by atoms with van der Waals surface area (Å²) in [5.41, 5.74) is 2.30. The molecule has 0 bridgehead atoms. The maximum Gasteiger partial charge on any atom is 0.128 e. The molecule has 0 aliphatic heterocycles. The molecular weight excluding hydrogens is 334 g/mol. The van der Waals surface area contributed by atoms with E-state index in [0.717, 1.165) is 11.1 Å². The van der Waals surface area contributed by atoms with Crippen molar-refractivity contribution in [3.8, 4) is 0 Å². The van der Waals surface area contributed by atoms with Crippen LogP contribution < -0.4 is 0 Å². The number of rotatable bonds is 2. The number of alkyl halides is 1. The normalized spacial score (nSPS) is 12.5. The second-order valence-electron chi connectivity index (χ2n) is 4.49. The zero-order chi connectivity index (χ0) is 14.2. The third-order valence-electron chi connectivity index (χ3n) is 3.04. The van der Waals surface area contributed by atoms with Crippen molar-refractivity contribution in [1.82, 2.24) is 0 Å². The monoisotopic (exact) mass is 344 g/mol. The van der Waals surface area contributed by atoms with Crippen molar-refractivity contribution in [3.05, 3.63) is 69.2 Å². The second kappa shape index (κ2) is 5.59. The van der Waals surface area contributed by atoms with E-state index in [1.165, 1.54) is 19.1 Å². The number of halogens is 4. The van der Waals surface area contributed by atoms with Crippen molar-refractivity contribution in [2.24, 2.45) is 0 Å². The molecule has 1 atom stereocenters. The molecule has 100 valence electrons. The molecule has 0 saturated carbocycles. The minimum Gasteiger partial charge on any atom is -0.207 e. The molecule has 2 aromatic carbocycles. The minimum absolute atomic E-state index is 0.267. The van der Waals surface area contributed by atoms with Crippen LogP contribution in [0.2, 0.25) is 5.02 Å². The molecule has 0 nitrogen and oxygen atoms in total. The highest BCUT2D eigenvalue weighted by Crippen LogP contribution is 2.35. The van der Waals surface area contributed by atoms with Gasteiger partial charge in [0.25, 0.3) is 0 Å². The Morgan fingerprint density at radius 1 is 1.00 bits per heavy atom. The first-order chi connectivity index (χ1) is 8.90. The van der Waals surface area contributed by atoms with Gasteiger partial charge in [-0.25, -0.2) is 8.78 Å². The number of aryl methyl sites for hydroxylation is 2. The first-order valence-corrected chi connectivity index (χ1v) is 7.05. The van der Waals surface area contributed by atoms with E-state index < -0.39 is 16.5 Å². The lowest BCUT2D eigenvalue weighted by atomic mass is 10.0. The number of hydrogen-bond acceptors (Lipinski definition) is 0. The maximum atomic E-state index is 13.9. The summed E-state index contributed by atoms with van der Waals surface area (Å²) in [4.78, 5) is -0.430. The Morgan fingerprint density at radius 3 is 2.32 bits per heavy atom. The van der Waals surface area contributed by atoms with Crippen LogP contribution in [0.1, 0.15) is 27.1 Å². The van der Waals surface area contributed by atoms with Crippen LogP contribution in [0.5, 0.6) is 0 Å². The highest BCUT2D eigenvalue weighted by atomic mass is 79.9. The Morgan fingerprint density at radius 2 is 1.68 bits per heavy atom. The molecule has 0 fully saturated rings. The van der Waals surface area contributed by atoms with Crippen LogP contribution in [0.15, 0.2) is 30.3 Å². The van der Waals surface area contributed by atoms with Gasteiger partial charge in [-0.3, -0.25) is 0 Å². The van der Waals surface area contributed by atoms with Crippen LogP contribution in [0.3, 0.4) is 0 Å². The highest BCUT2D eigenvalue weighted by molar-refractivity contribution is 9.09. The van der Waals surface area contributed by atoms with Crippen molar-refractivity contribution in [3.63, 3.8) is 0 Å². The standard InChI is InChI=1S/C15H12BrClF2/c1-8-3-4-10(6-12(8)17)15(16)11-7-13(18)9(2)5-14(11)19/h3-7,15H,1-2H3. The fraction of sp³-hybridized carbons (Fsp3) is 0.200. The summed E-state index contributed by atoms with van der Waals surface area (Å²) in [6, 6.07) is 7.88. The predicted molar refractivity (Wildman–Crippen MR) is 78.1 cm³/mol. The van der Waals surface area contributed by atoms with Gasteiger partial charge in [-0.2, -0.15) is 0 Å².